The van der Waals surface area contributed by atoms with Crippen LogP contribution in [0, 0.1) is 17.3 Å². The summed E-state index contributed by atoms with van der Waals surface area (Å²) in [5.74, 6) is -1.06. The molecule has 0 aromatic heterocycles. The van der Waals surface area contributed by atoms with Gasteiger partial charge in [-0.1, -0.05) is 55.4 Å². The molecule has 0 aromatic rings. The van der Waals surface area contributed by atoms with Crippen LogP contribution in [0.4, 0.5) is 0 Å². The van der Waals surface area contributed by atoms with Gasteiger partial charge in [0.05, 0.1) is 23.3 Å². The van der Waals surface area contributed by atoms with Gasteiger partial charge in [-0.05, 0) is 50.4 Å². The average molecular weight is 413 g/mol. The lowest BCUT2D eigenvalue weighted by Crippen LogP contribution is -2.68. The molecule has 2 amide bonds. The van der Waals surface area contributed by atoms with Crippen molar-refractivity contribution < 1.29 is 19.8 Å². The van der Waals surface area contributed by atoms with E-state index in [2.05, 4.69) is 0 Å². The van der Waals surface area contributed by atoms with Crippen molar-refractivity contribution in [2.75, 3.05) is 0 Å². The molecule has 0 spiro atoms. The summed E-state index contributed by atoms with van der Waals surface area (Å²) < 4.78 is 0. The summed E-state index contributed by atoms with van der Waals surface area (Å²) in [4.78, 5) is 27.8. The van der Waals surface area contributed by atoms with E-state index in [4.69, 9.17) is 5.73 Å². The Morgan fingerprint density at radius 2 is 1.17 bits per heavy atom. The molecule has 1 aliphatic rings. The van der Waals surface area contributed by atoms with E-state index < -0.39 is 34.6 Å². The number of hydrogen-bond acceptors (Lipinski definition) is 4. The van der Waals surface area contributed by atoms with Crippen LogP contribution in [0.25, 0.3) is 0 Å². The lowest BCUT2D eigenvalue weighted by Gasteiger charge is -2.53. The third-order valence-corrected chi connectivity index (χ3v) is 7.28. The molecule has 0 saturated heterocycles. The third-order valence-electron chi connectivity index (χ3n) is 7.28. The fourth-order valence-corrected chi connectivity index (χ4v) is 5.10. The highest BCUT2D eigenvalue weighted by atomic mass is 16.3. The molecule has 0 aromatic carbocycles. The topological polar surface area (TPSA) is 104 Å². The average Bonchev–Trinajstić information content (AvgIpc) is 3.47. The number of amides is 2. The van der Waals surface area contributed by atoms with E-state index in [-0.39, 0.29) is 17.7 Å². The number of carbonyl (C=O) groups excluding carboxylic acids is 2. The Morgan fingerprint density at radius 1 is 0.862 bits per heavy atom. The van der Waals surface area contributed by atoms with E-state index >= 15 is 0 Å². The maximum absolute atomic E-state index is 13.9. The molecular formula is C23H44N2O4. The SMILES string of the molecule is CCC(O)(CC)[C@@H](C(C)C)N(C(=O)C1(C(N)=O)CC1)[C@H](C(C)C)C(O)(CC)CC. The molecule has 0 radical (unpaired) electrons. The molecule has 0 heterocycles. The van der Waals surface area contributed by atoms with Gasteiger partial charge in [0.1, 0.15) is 5.41 Å². The number of carbonyl (C=O) groups is 2. The maximum atomic E-state index is 13.9. The molecule has 6 nitrogen and oxygen atoms in total. The number of hydrogen-bond donors (Lipinski definition) is 3. The number of aliphatic hydroxyl groups is 2. The van der Waals surface area contributed by atoms with Crippen LogP contribution in [0.1, 0.15) is 93.9 Å². The molecule has 1 saturated carbocycles. The first-order valence-electron chi connectivity index (χ1n) is 11.4. The van der Waals surface area contributed by atoms with Gasteiger partial charge in [0.15, 0.2) is 0 Å². The Hall–Kier alpha value is -1.14. The van der Waals surface area contributed by atoms with Crippen LogP contribution in [0.2, 0.25) is 0 Å². The Kier molecular flexibility index (Phi) is 8.34. The van der Waals surface area contributed by atoms with Crippen molar-refractivity contribution >= 4 is 11.8 Å². The number of nitrogens with two attached hydrogens (primary N) is 1. The quantitative estimate of drug-likeness (QED) is 0.428. The van der Waals surface area contributed by atoms with Crippen LogP contribution in [0.3, 0.4) is 0 Å². The molecule has 4 N–H and O–H groups in total. The molecule has 0 unspecified atom stereocenters. The Labute approximate surface area is 177 Å². The highest BCUT2D eigenvalue weighted by Gasteiger charge is 2.61. The Morgan fingerprint density at radius 3 is 1.34 bits per heavy atom. The van der Waals surface area contributed by atoms with E-state index in [0.717, 1.165) is 0 Å². The largest absolute Gasteiger partial charge is 0.388 e. The van der Waals surface area contributed by atoms with Crippen molar-refractivity contribution in [2.24, 2.45) is 23.0 Å². The van der Waals surface area contributed by atoms with E-state index in [1.165, 1.54) is 0 Å². The summed E-state index contributed by atoms with van der Waals surface area (Å²) in [7, 11) is 0. The van der Waals surface area contributed by atoms with E-state index in [1.54, 1.807) is 4.90 Å². The molecular weight excluding hydrogens is 368 g/mol. The van der Waals surface area contributed by atoms with Gasteiger partial charge in [0.25, 0.3) is 0 Å². The molecule has 170 valence electrons. The highest BCUT2D eigenvalue weighted by Crippen LogP contribution is 2.50. The van der Waals surface area contributed by atoms with E-state index in [9.17, 15) is 19.8 Å². The highest BCUT2D eigenvalue weighted by molar-refractivity contribution is 6.07. The Bertz CT molecular complexity index is 545. The van der Waals surface area contributed by atoms with E-state index in [1.807, 2.05) is 55.4 Å². The van der Waals surface area contributed by atoms with Crippen molar-refractivity contribution in [1.29, 1.82) is 0 Å². The van der Waals surface area contributed by atoms with Gasteiger partial charge in [-0.15, -0.1) is 0 Å². The van der Waals surface area contributed by atoms with Crippen LogP contribution in [-0.2, 0) is 9.59 Å². The minimum absolute atomic E-state index is 0.0632. The van der Waals surface area contributed by atoms with Gasteiger partial charge in [-0.25, -0.2) is 0 Å². The van der Waals surface area contributed by atoms with Gasteiger partial charge < -0.3 is 20.8 Å². The van der Waals surface area contributed by atoms with Crippen LogP contribution in [0.15, 0.2) is 0 Å². The lowest BCUT2D eigenvalue weighted by molar-refractivity contribution is -0.175. The molecule has 1 aliphatic carbocycles. The molecule has 0 bridgehead atoms. The molecule has 29 heavy (non-hydrogen) atoms. The van der Waals surface area contributed by atoms with Crippen molar-refractivity contribution in [3.63, 3.8) is 0 Å². The van der Waals surface area contributed by atoms with Gasteiger partial charge in [-0.3, -0.25) is 9.59 Å². The molecule has 1 rings (SSSR count). The smallest absolute Gasteiger partial charge is 0.238 e. The van der Waals surface area contributed by atoms with Crippen molar-refractivity contribution in [3.8, 4) is 0 Å². The van der Waals surface area contributed by atoms with Gasteiger partial charge in [0, 0.05) is 0 Å². The monoisotopic (exact) mass is 412 g/mol. The number of nitrogens with zero attached hydrogens (tertiary/aromatic N) is 1. The summed E-state index contributed by atoms with van der Waals surface area (Å²) in [5.41, 5.74) is 2.22. The minimum Gasteiger partial charge on any atom is -0.388 e. The van der Waals surface area contributed by atoms with Gasteiger partial charge >= 0.3 is 0 Å². The Balaban J connectivity index is 3.76. The predicted octanol–water partition coefficient (Wildman–Crippen LogP) is 3.23. The maximum Gasteiger partial charge on any atom is 0.238 e. The fourth-order valence-electron chi connectivity index (χ4n) is 5.10. The van der Waals surface area contributed by atoms with Gasteiger partial charge in [-0.2, -0.15) is 0 Å². The summed E-state index contributed by atoms with van der Waals surface area (Å²) in [6.45, 7) is 15.6. The summed E-state index contributed by atoms with van der Waals surface area (Å²) >= 11 is 0. The second kappa shape index (κ2) is 9.34. The summed E-state index contributed by atoms with van der Waals surface area (Å²) in [6.07, 6.45) is 2.76. The number of rotatable bonds is 12. The standard InChI is InChI=1S/C23H44N2O4/c1-9-22(28,10-2)17(15(5)6)25(20(27)21(13-14-21)19(24)26)18(16(7)8)23(29,11-3)12-4/h15-18,28-29H,9-14H2,1-8H3,(H2,24,26)/t17-,18-/m1/s1. The normalized spacial score (nSPS) is 18.6. The first kappa shape index (κ1) is 25.9. The summed E-state index contributed by atoms with van der Waals surface area (Å²) in [5, 5.41) is 23.1. The zero-order valence-corrected chi connectivity index (χ0v) is 19.8. The summed E-state index contributed by atoms with van der Waals surface area (Å²) in [6, 6.07) is -1.06. The predicted molar refractivity (Wildman–Crippen MR) is 116 cm³/mol. The zero-order valence-electron chi connectivity index (χ0n) is 19.8. The van der Waals surface area contributed by atoms with Gasteiger partial charge in [0.2, 0.25) is 11.8 Å². The van der Waals surface area contributed by atoms with E-state index in [0.29, 0.717) is 38.5 Å². The van der Waals surface area contributed by atoms with Crippen molar-refractivity contribution in [1.82, 2.24) is 4.90 Å². The van der Waals surface area contributed by atoms with Crippen LogP contribution in [0.5, 0.6) is 0 Å². The fraction of sp³-hybridized carbons (Fsp3) is 0.913. The first-order chi connectivity index (χ1) is 13.3. The second-order valence-electron chi connectivity index (χ2n) is 9.66. The van der Waals surface area contributed by atoms with Crippen LogP contribution < -0.4 is 5.73 Å². The van der Waals surface area contributed by atoms with Crippen molar-refractivity contribution in [3.05, 3.63) is 0 Å². The van der Waals surface area contributed by atoms with Crippen LogP contribution in [-0.4, -0.2) is 50.2 Å². The molecule has 2 atom stereocenters. The third kappa shape index (κ3) is 4.63. The van der Waals surface area contributed by atoms with Crippen LogP contribution >= 0.6 is 0 Å². The van der Waals surface area contributed by atoms with Crippen molar-refractivity contribution in [2.45, 2.75) is 117 Å². The molecule has 0 aliphatic heterocycles. The lowest BCUT2D eigenvalue weighted by atomic mass is 9.74. The second-order valence-corrected chi connectivity index (χ2v) is 9.66. The zero-order chi connectivity index (χ0) is 22.8. The number of primary amides is 1. The minimum atomic E-state index is -1.20. The first-order valence-corrected chi connectivity index (χ1v) is 11.4. The molecule has 1 fully saturated rings. The molecule has 6 heteroatoms.